The molecule has 0 radical (unpaired) electrons. The SMILES string of the molecule is COc1ccc(CCNC(=O)NC2CCc3cc(Cl)ccc32)cc1OC. The van der Waals surface area contributed by atoms with E-state index in [1.165, 1.54) is 5.56 Å². The van der Waals surface area contributed by atoms with Crippen LogP contribution in [0.15, 0.2) is 36.4 Å². The van der Waals surface area contributed by atoms with Gasteiger partial charge in [-0.05, 0) is 60.2 Å². The highest BCUT2D eigenvalue weighted by Gasteiger charge is 2.23. The van der Waals surface area contributed by atoms with Crippen LogP contribution in [0.2, 0.25) is 5.02 Å². The van der Waals surface area contributed by atoms with Gasteiger partial charge in [0.1, 0.15) is 0 Å². The molecule has 26 heavy (non-hydrogen) atoms. The van der Waals surface area contributed by atoms with E-state index in [1.54, 1.807) is 14.2 Å². The summed E-state index contributed by atoms with van der Waals surface area (Å²) in [4.78, 5) is 12.2. The zero-order valence-corrected chi connectivity index (χ0v) is 15.7. The number of rotatable bonds is 6. The third-order valence-corrected chi connectivity index (χ3v) is 4.87. The number of halogens is 1. The molecule has 0 saturated carbocycles. The number of amides is 2. The van der Waals surface area contributed by atoms with Crippen molar-refractivity contribution in [3.8, 4) is 11.5 Å². The van der Waals surface area contributed by atoms with Gasteiger partial charge in [0.2, 0.25) is 0 Å². The lowest BCUT2D eigenvalue weighted by Crippen LogP contribution is -2.38. The van der Waals surface area contributed by atoms with Crippen molar-refractivity contribution in [1.29, 1.82) is 0 Å². The van der Waals surface area contributed by atoms with Gasteiger partial charge >= 0.3 is 6.03 Å². The molecule has 2 aromatic rings. The Labute approximate surface area is 158 Å². The van der Waals surface area contributed by atoms with Gasteiger partial charge < -0.3 is 20.1 Å². The second kappa shape index (κ2) is 8.32. The van der Waals surface area contributed by atoms with Crippen molar-refractivity contribution in [2.75, 3.05) is 20.8 Å². The Bertz CT molecular complexity index is 795. The minimum absolute atomic E-state index is 0.0448. The Balaban J connectivity index is 1.50. The van der Waals surface area contributed by atoms with E-state index in [0.29, 0.717) is 24.5 Å². The topological polar surface area (TPSA) is 59.6 Å². The molecule has 1 aliphatic carbocycles. The maximum Gasteiger partial charge on any atom is 0.315 e. The summed E-state index contributed by atoms with van der Waals surface area (Å²) in [5.41, 5.74) is 3.45. The molecule has 1 atom stereocenters. The lowest BCUT2D eigenvalue weighted by atomic mass is 10.1. The van der Waals surface area contributed by atoms with E-state index in [4.69, 9.17) is 21.1 Å². The molecular weight excluding hydrogens is 352 g/mol. The van der Waals surface area contributed by atoms with Gasteiger partial charge in [0.25, 0.3) is 0 Å². The quantitative estimate of drug-likeness (QED) is 0.806. The van der Waals surface area contributed by atoms with Gasteiger partial charge in [0.05, 0.1) is 20.3 Å². The highest BCUT2D eigenvalue weighted by atomic mass is 35.5. The molecule has 2 aromatic carbocycles. The van der Waals surface area contributed by atoms with Crippen LogP contribution < -0.4 is 20.1 Å². The maximum atomic E-state index is 12.2. The van der Waals surface area contributed by atoms with Crippen LogP contribution in [0.25, 0.3) is 0 Å². The predicted octanol–water partition coefficient (Wildman–Crippen LogP) is 3.89. The van der Waals surface area contributed by atoms with Crippen LogP contribution in [0.3, 0.4) is 0 Å². The first-order valence-corrected chi connectivity index (χ1v) is 9.02. The monoisotopic (exact) mass is 374 g/mol. The summed E-state index contributed by atoms with van der Waals surface area (Å²) in [5.74, 6) is 1.39. The lowest BCUT2D eigenvalue weighted by Gasteiger charge is -2.15. The number of nitrogens with one attached hydrogen (secondary N) is 2. The molecule has 0 spiro atoms. The van der Waals surface area contributed by atoms with Crippen molar-refractivity contribution >= 4 is 17.6 Å². The number of hydrogen-bond acceptors (Lipinski definition) is 3. The summed E-state index contributed by atoms with van der Waals surface area (Å²) < 4.78 is 10.5. The molecular formula is C20H23ClN2O3. The van der Waals surface area contributed by atoms with E-state index in [1.807, 2.05) is 36.4 Å². The van der Waals surface area contributed by atoms with Crippen molar-refractivity contribution < 1.29 is 14.3 Å². The number of carbonyl (C=O) groups excluding carboxylic acids is 1. The molecule has 5 nitrogen and oxygen atoms in total. The smallest absolute Gasteiger partial charge is 0.315 e. The fourth-order valence-electron chi connectivity index (χ4n) is 3.30. The number of ether oxygens (including phenoxy) is 2. The molecule has 0 heterocycles. The molecule has 0 saturated heterocycles. The third-order valence-electron chi connectivity index (χ3n) is 4.64. The third kappa shape index (κ3) is 4.22. The Morgan fingerprint density at radius 3 is 2.73 bits per heavy atom. The average molecular weight is 375 g/mol. The van der Waals surface area contributed by atoms with Crippen molar-refractivity contribution in [3.63, 3.8) is 0 Å². The highest BCUT2D eigenvalue weighted by Crippen LogP contribution is 2.32. The summed E-state index contributed by atoms with van der Waals surface area (Å²) in [6, 6.07) is 11.5. The molecule has 0 aromatic heterocycles. The van der Waals surface area contributed by atoms with Crippen molar-refractivity contribution in [2.45, 2.75) is 25.3 Å². The largest absolute Gasteiger partial charge is 0.493 e. The van der Waals surface area contributed by atoms with E-state index >= 15 is 0 Å². The average Bonchev–Trinajstić information content (AvgIpc) is 3.03. The predicted molar refractivity (Wildman–Crippen MR) is 102 cm³/mol. The molecule has 138 valence electrons. The normalized spacial score (nSPS) is 15.3. The zero-order valence-electron chi connectivity index (χ0n) is 15.0. The molecule has 1 aliphatic rings. The van der Waals surface area contributed by atoms with Gasteiger partial charge in [-0.2, -0.15) is 0 Å². The van der Waals surface area contributed by atoms with Crippen LogP contribution in [0.1, 0.15) is 29.2 Å². The fourth-order valence-corrected chi connectivity index (χ4v) is 3.50. The zero-order chi connectivity index (χ0) is 18.5. The number of fused-ring (bicyclic) bond motifs is 1. The van der Waals surface area contributed by atoms with Crippen molar-refractivity contribution in [2.24, 2.45) is 0 Å². The van der Waals surface area contributed by atoms with E-state index in [-0.39, 0.29) is 12.1 Å². The fraction of sp³-hybridized carbons (Fsp3) is 0.350. The molecule has 2 amide bonds. The molecule has 0 bridgehead atoms. The van der Waals surface area contributed by atoms with Gasteiger partial charge in [0, 0.05) is 11.6 Å². The summed E-state index contributed by atoms with van der Waals surface area (Å²) in [7, 11) is 3.22. The molecule has 0 aliphatic heterocycles. The minimum Gasteiger partial charge on any atom is -0.493 e. The van der Waals surface area contributed by atoms with E-state index < -0.39 is 0 Å². The minimum atomic E-state index is -0.154. The second-order valence-electron chi connectivity index (χ2n) is 6.27. The van der Waals surface area contributed by atoms with Crippen molar-refractivity contribution in [3.05, 3.63) is 58.1 Å². The van der Waals surface area contributed by atoms with Crippen LogP contribution in [-0.2, 0) is 12.8 Å². The van der Waals surface area contributed by atoms with Crippen LogP contribution >= 0.6 is 11.6 Å². The summed E-state index contributed by atoms with van der Waals surface area (Å²) in [6.45, 7) is 0.543. The van der Waals surface area contributed by atoms with Crippen LogP contribution in [-0.4, -0.2) is 26.8 Å². The van der Waals surface area contributed by atoms with E-state index in [0.717, 1.165) is 29.0 Å². The van der Waals surface area contributed by atoms with Crippen molar-refractivity contribution in [1.82, 2.24) is 10.6 Å². The van der Waals surface area contributed by atoms with Crippen LogP contribution in [0.5, 0.6) is 11.5 Å². The Hall–Kier alpha value is -2.40. The van der Waals surface area contributed by atoms with Crippen LogP contribution in [0.4, 0.5) is 4.79 Å². The first kappa shape index (κ1) is 18.4. The summed E-state index contributed by atoms with van der Waals surface area (Å²) >= 11 is 6.03. The standard InChI is InChI=1S/C20H23ClN2O3/c1-25-18-8-3-13(11-19(18)26-2)9-10-22-20(24)23-17-7-4-14-12-15(21)5-6-16(14)17/h3,5-6,8,11-12,17H,4,7,9-10H2,1-2H3,(H2,22,23,24). The van der Waals surface area contributed by atoms with E-state index in [2.05, 4.69) is 10.6 Å². The number of carbonyl (C=O) groups is 1. The van der Waals surface area contributed by atoms with Gasteiger partial charge in [-0.15, -0.1) is 0 Å². The Kier molecular flexibility index (Phi) is 5.89. The first-order chi connectivity index (χ1) is 12.6. The number of benzene rings is 2. The Morgan fingerprint density at radius 2 is 1.96 bits per heavy atom. The van der Waals surface area contributed by atoms with E-state index in [9.17, 15) is 4.79 Å². The lowest BCUT2D eigenvalue weighted by molar-refractivity contribution is 0.237. The van der Waals surface area contributed by atoms with Crippen LogP contribution in [0, 0.1) is 0 Å². The molecule has 6 heteroatoms. The van der Waals surface area contributed by atoms with Gasteiger partial charge in [-0.3, -0.25) is 0 Å². The van der Waals surface area contributed by atoms with Gasteiger partial charge in [-0.25, -0.2) is 4.79 Å². The Morgan fingerprint density at radius 1 is 1.15 bits per heavy atom. The van der Waals surface area contributed by atoms with Gasteiger partial charge in [-0.1, -0.05) is 23.7 Å². The maximum absolute atomic E-state index is 12.2. The number of aryl methyl sites for hydroxylation is 1. The highest BCUT2D eigenvalue weighted by molar-refractivity contribution is 6.30. The molecule has 1 unspecified atom stereocenters. The first-order valence-electron chi connectivity index (χ1n) is 8.64. The number of methoxy groups -OCH3 is 2. The molecule has 3 rings (SSSR count). The second-order valence-corrected chi connectivity index (χ2v) is 6.71. The summed E-state index contributed by atoms with van der Waals surface area (Å²) in [5, 5.41) is 6.70. The molecule has 0 fully saturated rings. The number of urea groups is 1. The number of hydrogen-bond donors (Lipinski definition) is 2. The molecule has 2 N–H and O–H groups in total. The van der Waals surface area contributed by atoms with Gasteiger partial charge in [0.15, 0.2) is 11.5 Å². The summed E-state index contributed by atoms with van der Waals surface area (Å²) in [6.07, 6.45) is 2.55.